The highest BCUT2D eigenvalue weighted by Gasteiger charge is 2.68. The molecule has 4 atom stereocenters. The highest BCUT2D eigenvalue weighted by atomic mass is 16.4. The van der Waals surface area contributed by atoms with Crippen molar-refractivity contribution in [1.82, 2.24) is 15.5 Å². The molecule has 2 heterocycles. The first-order valence-electron chi connectivity index (χ1n) is 11.2. The van der Waals surface area contributed by atoms with Gasteiger partial charge in [0.1, 0.15) is 5.54 Å². The Morgan fingerprint density at radius 2 is 1.80 bits per heavy atom. The maximum Gasteiger partial charge on any atom is 0.324 e. The number of carboxylic acids is 1. The molecule has 2 aliphatic rings. The summed E-state index contributed by atoms with van der Waals surface area (Å²) in [5.41, 5.74) is 5.17. The molecule has 0 spiro atoms. The number of fused-ring (bicyclic) bond motifs is 1. The number of carboxylic acid groups (broad SMARTS) is 1. The zero-order valence-corrected chi connectivity index (χ0v) is 18.8. The number of carbonyl (C=O) groups is 4. The molecule has 2 fully saturated rings. The van der Waals surface area contributed by atoms with Gasteiger partial charge in [-0.15, -0.1) is 0 Å². The zero-order chi connectivity index (χ0) is 25.2. The van der Waals surface area contributed by atoms with Gasteiger partial charge in [0.15, 0.2) is 0 Å². The summed E-state index contributed by atoms with van der Waals surface area (Å²) in [7, 11) is 0. The van der Waals surface area contributed by atoms with Gasteiger partial charge in [-0.3, -0.25) is 24.6 Å². The Morgan fingerprint density at radius 3 is 2.40 bits per heavy atom. The summed E-state index contributed by atoms with van der Waals surface area (Å²) in [5, 5.41) is 25.0. The molecule has 10 nitrogen and oxygen atoms in total. The van der Waals surface area contributed by atoms with Crippen LogP contribution in [0.5, 0.6) is 0 Å². The van der Waals surface area contributed by atoms with Crippen LogP contribution in [0.4, 0.5) is 4.79 Å². The number of hydrogen-bond acceptors (Lipinski definition) is 6. The van der Waals surface area contributed by atoms with Crippen LogP contribution in [0.2, 0.25) is 0 Å². The number of nitriles is 1. The summed E-state index contributed by atoms with van der Waals surface area (Å²) in [5.74, 6) is -4.29. The Bertz CT molecular complexity index is 1190. The first-order chi connectivity index (χ1) is 16.8. The lowest BCUT2D eigenvalue weighted by molar-refractivity contribution is -0.152. The van der Waals surface area contributed by atoms with E-state index in [1.807, 2.05) is 12.1 Å². The lowest BCUT2D eigenvalue weighted by Crippen LogP contribution is -2.56. The fourth-order valence-corrected chi connectivity index (χ4v) is 5.15. The number of likely N-dealkylation sites (tertiary alicyclic amines) is 1. The van der Waals surface area contributed by atoms with E-state index in [-0.39, 0.29) is 25.9 Å². The Labute approximate surface area is 201 Å². The van der Waals surface area contributed by atoms with Crippen LogP contribution >= 0.6 is 0 Å². The molecular formula is C25H25N5O5. The predicted molar refractivity (Wildman–Crippen MR) is 123 cm³/mol. The van der Waals surface area contributed by atoms with Gasteiger partial charge in [-0.25, -0.2) is 4.79 Å². The van der Waals surface area contributed by atoms with Crippen LogP contribution in [0.3, 0.4) is 0 Å². The first-order valence-corrected chi connectivity index (χ1v) is 11.2. The molecule has 4 amide bonds. The molecular weight excluding hydrogens is 450 g/mol. The SMILES string of the molecule is N#Cc1ccc(C2NC(CCCNC(N)=O)(C(=O)O)C3C(=O)N(Cc4ccccc4)C(=O)C23)cc1. The number of nitrogens with two attached hydrogens (primary N) is 1. The standard InChI is InChI=1S/C25H25N5O5/c26-13-15-7-9-17(10-8-15)20-18-19(25(29-20,23(33)34)11-4-12-28-24(27)35)22(32)30(21(18)31)14-16-5-2-1-3-6-16/h1-3,5-10,18-20,29H,4,11-12,14H2,(H,33,34)(H3,27,28,35). The number of aliphatic carboxylic acids is 1. The molecule has 180 valence electrons. The minimum atomic E-state index is -1.72. The van der Waals surface area contributed by atoms with Gasteiger partial charge in [0.05, 0.1) is 30.0 Å². The molecule has 2 aliphatic heterocycles. The fourth-order valence-electron chi connectivity index (χ4n) is 5.15. The molecule has 5 N–H and O–H groups in total. The van der Waals surface area contributed by atoms with Gasteiger partial charge in [-0.2, -0.15) is 5.26 Å². The predicted octanol–water partition coefficient (Wildman–Crippen LogP) is 1.28. The number of urea groups is 1. The van der Waals surface area contributed by atoms with Crippen LogP contribution in [-0.4, -0.2) is 45.9 Å². The van der Waals surface area contributed by atoms with Crippen molar-refractivity contribution in [3.05, 3.63) is 71.3 Å². The van der Waals surface area contributed by atoms with Crippen molar-refractivity contribution >= 4 is 23.8 Å². The quantitative estimate of drug-likeness (QED) is 0.330. The highest BCUT2D eigenvalue weighted by Crippen LogP contribution is 2.50. The number of hydrogen-bond donors (Lipinski definition) is 4. The van der Waals surface area contributed by atoms with E-state index >= 15 is 0 Å². The second kappa shape index (κ2) is 9.56. The van der Waals surface area contributed by atoms with E-state index in [0.717, 1.165) is 10.5 Å². The molecule has 0 radical (unpaired) electrons. The molecule has 0 saturated carbocycles. The van der Waals surface area contributed by atoms with Crippen LogP contribution in [-0.2, 0) is 20.9 Å². The van der Waals surface area contributed by atoms with E-state index in [1.54, 1.807) is 48.5 Å². The number of carbonyl (C=O) groups excluding carboxylic acids is 3. The number of nitrogens with one attached hydrogen (secondary N) is 2. The van der Waals surface area contributed by atoms with E-state index in [4.69, 9.17) is 11.0 Å². The summed E-state index contributed by atoms with van der Waals surface area (Å²) in [6.45, 7) is 0.172. The third-order valence-electron chi connectivity index (χ3n) is 6.76. The van der Waals surface area contributed by atoms with E-state index in [9.17, 15) is 24.3 Å². The van der Waals surface area contributed by atoms with Gasteiger partial charge in [0.2, 0.25) is 11.8 Å². The third-order valence-corrected chi connectivity index (χ3v) is 6.76. The number of amides is 4. The number of rotatable bonds is 8. The molecule has 2 aromatic rings. The van der Waals surface area contributed by atoms with Crippen LogP contribution in [0.1, 0.15) is 35.6 Å². The summed E-state index contributed by atoms with van der Waals surface area (Å²) in [6.07, 6.45) is 0.223. The normalized spacial score (nSPS) is 25.2. The van der Waals surface area contributed by atoms with Crippen molar-refractivity contribution in [2.75, 3.05) is 6.54 Å². The summed E-state index contributed by atoms with van der Waals surface area (Å²) in [4.78, 5) is 52.1. The van der Waals surface area contributed by atoms with Crippen molar-refractivity contribution in [2.24, 2.45) is 17.6 Å². The van der Waals surface area contributed by atoms with Gasteiger partial charge >= 0.3 is 12.0 Å². The number of benzene rings is 2. The third kappa shape index (κ3) is 4.34. The molecule has 0 aliphatic carbocycles. The van der Waals surface area contributed by atoms with Crippen molar-refractivity contribution in [2.45, 2.75) is 31.0 Å². The summed E-state index contributed by atoms with van der Waals surface area (Å²) >= 11 is 0. The largest absolute Gasteiger partial charge is 0.480 e. The molecule has 10 heteroatoms. The van der Waals surface area contributed by atoms with Crippen molar-refractivity contribution in [3.63, 3.8) is 0 Å². The maximum absolute atomic E-state index is 13.6. The first kappa shape index (κ1) is 23.9. The van der Waals surface area contributed by atoms with Gasteiger partial charge in [-0.1, -0.05) is 42.5 Å². The van der Waals surface area contributed by atoms with E-state index in [2.05, 4.69) is 10.6 Å². The lowest BCUT2D eigenvalue weighted by atomic mass is 9.77. The van der Waals surface area contributed by atoms with E-state index in [1.165, 1.54) is 0 Å². The smallest absolute Gasteiger partial charge is 0.324 e. The number of imide groups is 1. The molecule has 4 unspecified atom stereocenters. The van der Waals surface area contributed by atoms with Crippen molar-refractivity contribution in [1.29, 1.82) is 5.26 Å². The van der Waals surface area contributed by atoms with E-state index < -0.39 is 47.2 Å². The number of primary amides is 1. The van der Waals surface area contributed by atoms with Crippen molar-refractivity contribution in [3.8, 4) is 6.07 Å². The van der Waals surface area contributed by atoms with Crippen LogP contribution in [0.15, 0.2) is 54.6 Å². The topological polar surface area (TPSA) is 166 Å². The van der Waals surface area contributed by atoms with Gasteiger partial charge in [-0.05, 0) is 36.1 Å². The van der Waals surface area contributed by atoms with Gasteiger partial charge < -0.3 is 16.2 Å². The highest BCUT2D eigenvalue weighted by molar-refractivity contribution is 6.09. The van der Waals surface area contributed by atoms with Crippen LogP contribution in [0.25, 0.3) is 0 Å². The molecule has 4 rings (SSSR count). The Morgan fingerprint density at radius 1 is 1.11 bits per heavy atom. The van der Waals surface area contributed by atoms with Gasteiger partial charge in [0, 0.05) is 12.6 Å². The zero-order valence-electron chi connectivity index (χ0n) is 18.8. The Balaban J connectivity index is 1.72. The minimum absolute atomic E-state index is 0.00520. The Hall–Kier alpha value is -4.23. The monoisotopic (exact) mass is 475 g/mol. The second-order valence-electron chi connectivity index (χ2n) is 8.78. The van der Waals surface area contributed by atoms with E-state index in [0.29, 0.717) is 11.1 Å². The molecule has 0 bridgehead atoms. The second-order valence-corrected chi connectivity index (χ2v) is 8.78. The molecule has 2 aromatic carbocycles. The minimum Gasteiger partial charge on any atom is -0.480 e. The average Bonchev–Trinajstić information content (AvgIpc) is 3.32. The Kier molecular flexibility index (Phi) is 6.53. The van der Waals surface area contributed by atoms with Crippen LogP contribution in [0, 0.1) is 23.2 Å². The molecule has 0 aromatic heterocycles. The fraction of sp³-hybridized carbons (Fsp3) is 0.320. The molecule has 35 heavy (non-hydrogen) atoms. The number of nitrogens with zero attached hydrogens (tertiary/aromatic N) is 2. The van der Waals surface area contributed by atoms with Gasteiger partial charge in [0.25, 0.3) is 0 Å². The summed E-state index contributed by atoms with van der Waals surface area (Å²) < 4.78 is 0. The molecule has 2 saturated heterocycles. The maximum atomic E-state index is 13.6. The van der Waals surface area contributed by atoms with Crippen LogP contribution < -0.4 is 16.4 Å². The lowest BCUT2D eigenvalue weighted by Gasteiger charge is -2.31. The average molecular weight is 476 g/mol. The summed E-state index contributed by atoms with van der Waals surface area (Å²) in [6, 6.07) is 16.1. The van der Waals surface area contributed by atoms with Crippen molar-refractivity contribution < 1.29 is 24.3 Å².